The van der Waals surface area contributed by atoms with Gasteiger partial charge in [-0.1, -0.05) is 30.3 Å². The van der Waals surface area contributed by atoms with E-state index in [0.717, 1.165) is 0 Å². The predicted octanol–water partition coefficient (Wildman–Crippen LogP) is 0.897. The summed E-state index contributed by atoms with van der Waals surface area (Å²) in [5.41, 5.74) is -1.80. The van der Waals surface area contributed by atoms with Crippen LogP contribution in [-0.4, -0.2) is 22.0 Å². The topological polar surface area (TPSA) is 100 Å². The SMILES string of the molecule is O=C(O)c1[nH]oc(=O)c1C(=O)c1ccccc1. The van der Waals surface area contributed by atoms with Gasteiger partial charge in [0, 0.05) is 5.56 Å². The van der Waals surface area contributed by atoms with Crippen LogP contribution in [0, 0.1) is 0 Å². The van der Waals surface area contributed by atoms with Crippen molar-refractivity contribution < 1.29 is 19.2 Å². The van der Waals surface area contributed by atoms with Crippen molar-refractivity contribution in [2.75, 3.05) is 0 Å². The van der Waals surface area contributed by atoms with Crippen molar-refractivity contribution in [3.8, 4) is 0 Å². The first kappa shape index (κ1) is 10.9. The highest BCUT2D eigenvalue weighted by atomic mass is 16.5. The van der Waals surface area contributed by atoms with Crippen molar-refractivity contribution >= 4 is 11.8 Å². The van der Waals surface area contributed by atoms with E-state index in [-0.39, 0.29) is 5.56 Å². The lowest BCUT2D eigenvalue weighted by Gasteiger charge is -1.97. The van der Waals surface area contributed by atoms with Crippen LogP contribution in [0.4, 0.5) is 0 Å². The first-order valence-corrected chi connectivity index (χ1v) is 4.65. The molecule has 6 heteroatoms. The van der Waals surface area contributed by atoms with E-state index in [4.69, 9.17) is 5.11 Å². The fourth-order valence-corrected chi connectivity index (χ4v) is 1.39. The Kier molecular flexibility index (Phi) is 2.61. The van der Waals surface area contributed by atoms with Crippen LogP contribution in [0.5, 0.6) is 0 Å². The van der Waals surface area contributed by atoms with Gasteiger partial charge in [0.05, 0.1) is 0 Å². The van der Waals surface area contributed by atoms with Crippen LogP contribution in [0.3, 0.4) is 0 Å². The Bertz CT molecular complexity index is 623. The Morgan fingerprint density at radius 3 is 2.41 bits per heavy atom. The van der Waals surface area contributed by atoms with Gasteiger partial charge < -0.3 is 9.63 Å². The quantitative estimate of drug-likeness (QED) is 0.767. The molecule has 0 amide bonds. The molecule has 0 saturated carbocycles. The van der Waals surface area contributed by atoms with Crippen molar-refractivity contribution in [3.63, 3.8) is 0 Å². The molecular formula is C11H7NO5. The highest BCUT2D eigenvalue weighted by Gasteiger charge is 2.25. The first-order chi connectivity index (χ1) is 8.11. The van der Waals surface area contributed by atoms with E-state index in [1.54, 1.807) is 18.2 Å². The molecule has 1 aromatic heterocycles. The molecule has 1 aromatic carbocycles. The molecular weight excluding hydrogens is 226 g/mol. The lowest BCUT2D eigenvalue weighted by Crippen LogP contribution is -2.15. The molecule has 0 saturated heterocycles. The predicted molar refractivity (Wildman–Crippen MR) is 56.2 cm³/mol. The standard InChI is InChI=1S/C11H7NO5/c13-9(6-4-2-1-3-5-6)7-8(10(14)15)12-17-11(7)16/h1-5,12H,(H,14,15). The Morgan fingerprint density at radius 1 is 1.18 bits per heavy atom. The average Bonchev–Trinajstić information content (AvgIpc) is 2.71. The number of ketones is 1. The number of rotatable bonds is 3. The largest absolute Gasteiger partial charge is 0.476 e. The van der Waals surface area contributed by atoms with Crippen molar-refractivity contribution in [2.45, 2.75) is 0 Å². The molecule has 1 heterocycles. The van der Waals surface area contributed by atoms with Gasteiger partial charge in [-0.2, -0.15) is 0 Å². The van der Waals surface area contributed by atoms with Crippen LogP contribution in [0.25, 0.3) is 0 Å². The third-order valence-corrected chi connectivity index (χ3v) is 2.18. The monoisotopic (exact) mass is 233 g/mol. The minimum Gasteiger partial charge on any atom is -0.476 e. The molecule has 2 rings (SSSR count). The minimum absolute atomic E-state index is 0.224. The number of aromatic nitrogens is 1. The van der Waals surface area contributed by atoms with Gasteiger partial charge in [0.2, 0.25) is 5.78 Å². The van der Waals surface area contributed by atoms with E-state index in [1.807, 2.05) is 5.16 Å². The van der Waals surface area contributed by atoms with Crippen LogP contribution in [-0.2, 0) is 0 Å². The summed E-state index contributed by atoms with van der Waals surface area (Å²) in [4.78, 5) is 34.0. The summed E-state index contributed by atoms with van der Waals surface area (Å²) in [6, 6.07) is 7.90. The summed E-state index contributed by atoms with van der Waals surface area (Å²) in [6.07, 6.45) is 0. The summed E-state index contributed by atoms with van der Waals surface area (Å²) in [6.45, 7) is 0. The maximum atomic E-state index is 11.9. The molecule has 86 valence electrons. The van der Waals surface area contributed by atoms with Crippen molar-refractivity contribution in [3.05, 3.63) is 57.6 Å². The van der Waals surface area contributed by atoms with Gasteiger partial charge >= 0.3 is 11.6 Å². The third-order valence-electron chi connectivity index (χ3n) is 2.18. The average molecular weight is 233 g/mol. The lowest BCUT2D eigenvalue weighted by molar-refractivity contribution is 0.0682. The molecule has 17 heavy (non-hydrogen) atoms. The molecule has 0 bridgehead atoms. The van der Waals surface area contributed by atoms with Crippen molar-refractivity contribution in [1.82, 2.24) is 5.16 Å². The second kappa shape index (κ2) is 4.09. The van der Waals surface area contributed by atoms with Gasteiger partial charge in [0.1, 0.15) is 5.56 Å². The first-order valence-electron chi connectivity index (χ1n) is 4.65. The summed E-state index contributed by atoms with van der Waals surface area (Å²) in [5.74, 6) is -2.10. The molecule has 2 aromatic rings. The number of nitrogens with one attached hydrogen (secondary N) is 1. The lowest BCUT2D eigenvalue weighted by atomic mass is 10.0. The molecule has 6 nitrogen and oxygen atoms in total. The van der Waals surface area contributed by atoms with E-state index < -0.39 is 28.6 Å². The highest BCUT2D eigenvalue weighted by Crippen LogP contribution is 2.09. The van der Waals surface area contributed by atoms with E-state index in [1.165, 1.54) is 12.1 Å². The zero-order chi connectivity index (χ0) is 12.4. The minimum atomic E-state index is -1.42. The van der Waals surface area contributed by atoms with Crippen LogP contribution in [0.1, 0.15) is 26.4 Å². The van der Waals surface area contributed by atoms with Gasteiger partial charge in [0.15, 0.2) is 5.69 Å². The van der Waals surface area contributed by atoms with Crippen LogP contribution in [0.15, 0.2) is 39.6 Å². The van der Waals surface area contributed by atoms with Gasteiger partial charge in [0.25, 0.3) is 0 Å². The molecule has 0 radical (unpaired) electrons. The Labute approximate surface area is 94.5 Å². The van der Waals surface area contributed by atoms with E-state index in [2.05, 4.69) is 4.52 Å². The number of carbonyl (C=O) groups excluding carboxylic acids is 1. The Balaban J connectivity index is 2.55. The molecule has 2 N–H and O–H groups in total. The Hall–Kier alpha value is -2.63. The normalized spacial score (nSPS) is 10.1. The summed E-state index contributed by atoms with van der Waals surface area (Å²) in [5, 5.41) is 10.7. The van der Waals surface area contributed by atoms with Gasteiger partial charge in [-0.25, -0.2) is 14.7 Å². The zero-order valence-corrected chi connectivity index (χ0v) is 8.47. The number of hydrogen-bond acceptors (Lipinski definition) is 4. The molecule has 0 aliphatic rings. The molecule has 0 aliphatic heterocycles. The third kappa shape index (κ3) is 1.87. The summed E-state index contributed by atoms with van der Waals surface area (Å²) in [7, 11) is 0. The number of carboxylic acids is 1. The second-order valence-electron chi connectivity index (χ2n) is 3.24. The van der Waals surface area contributed by atoms with Crippen molar-refractivity contribution in [2.24, 2.45) is 0 Å². The number of carboxylic acid groups (broad SMARTS) is 1. The number of carbonyl (C=O) groups is 2. The molecule has 0 atom stereocenters. The fourth-order valence-electron chi connectivity index (χ4n) is 1.39. The van der Waals surface area contributed by atoms with Gasteiger partial charge in [-0.15, -0.1) is 0 Å². The van der Waals surface area contributed by atoms with Crippen LogP contribution >= 0.6 is 0 Å². The number of aromatic carboxylic acids is 1. The van der Waals surface area contributed by atoms with Crippen LogP contribution < -0.4 is 5.63 Å². The smallest absolute Gasteiger partial charge is 0.369 e. The highest BCUT2D eigenvalue weighted by molar-refractivity contribution is 6.13. The number of hydrogen-bond donors (Lipinski definition) is 2. The van der Waals surface area contributed by atoms with Crippen molar-refractivity contribution in [1.29, 1.82) is 0 Å². The molecule has 0 fully saturated rings. The van der Waals surface area contributed by atoms with Gasteiger partial charge in [-0.3, -0.25) is 4.79 Å². The maximum absolute atomic E-state index is 11.9. The van der Waals surface area contributed by atoms with Gasteiger partial charge in [-0.05, 0) is 0 Å². The molecule has 0 unspecified atom stereocenters. The van der Waals surface area contributed by atoms with E-state index in [9.17, 15) is 14.4 Å². The zero-order valence-electron chi connectivity index (χ0n) is 8.47. The number of H-pyrrole nitrogens is 1. The maximum Gasteiger partial charge on any atom is 0.369 e. The summed E-state index contributed by atoms with van der Waals surface area (Å²) < 4.78 is 4.32. The molecule has 0 spiro atoms. The second-order valence-corrected chi connectivity index (χ2v) is 3.24. The van der Waals surface area contributed by atoms with E-state index in [0.29, 0.717) is 0 Å². The molecule has 0 aliphatic carbocycles. The van der Waals surface area contributed by atoms with Crippen LogP contribution in [0.2, 0.25) is 0 Å². The van der Waals surface area contributed by atoms with E-state index >= 15 is 0 Å². The fraction of sp³-hybridized carbons (Fsp3) is 0. The summed E-state index contributed by atoms with van der Waals surface area (Å²) >= 11 is 0. The number of benzene rings is 1. The Morgan fingerprint density at radius 2 is 1.82 bits per heavy atom. The number of aromatic amines is 1.